The molecule has 0 atom stereocenters. The predicted molar refractivity (Wildman–Crippen MR) is 60.5 cm³/mol. The largest absolute Gasteiger partial charge is 0.261 e. The van der Waals surface area contributed by atoms with E-state index in [0.29, 0.717) is 11.1 Å². The summed E-state index contributed by atoms with van der Waals surface area (Å²) >= 11 is 0. The molecule has 0 fully saturated rings. The van der Waals surface area contributed by atoms with Crippen molar-refractivity contribution in [2.24, 2.45) is 0 Å². The van der Waals surface area contributed by atoms with Gasteiger partial charge in [0.1, 0.15) is 6.33 Å². The number of aromatic nitrogens is 2. The van der Waals surface area contributed by atoms with E-state index in [2.05, 4.69) is 9.97 Å². The van der Waals surface area contributed by atoms with Crippen LogP contribution in [0.3, 0.4) is 0 Å². The van der Waals surface area contributed by atoms with Gasteiger partial charge in [0.05, 0.1) is 4.90 Å². The Morgan fingerprint density at radius 2 is 1.69 bits per heavy atom. The summed E-state index contributed by atoms with van der Waals surface area (Å²) in [4.78, 5) is 7.73. The van der Waals surface area contributed by atoms with Crippen molar-refractivity contribution in [2.75, 3.05) is 0 Å². The zero-order valence-electron chi connectivity index (χ0n) is 8.04. The Kier molecular flexibility index (Phi) is 2.89. The molecule has 2 rings (SSSR count). The molecule has 4 nitrogen and oxygen atoms in total. The van der Waals surface area contributed by atoms with E-state index >= 15 is 0 Å². The van der Waals surface area contributed by atoms with Crippen LogP contribution in [0.4, 0.5) is 0 Å². The third-order valence-corrected chi connectivity index (χ3v) is 3.40. The fourth-order valence-electron chi connectivity index (χ4n) is 1.36. The average molecular weight is 255 g/mol. The fourth-order valence-corrected chi connectivity index (χ4v) is 2.45. The standard InChI is InChI=1S/C10H7ClN2O2S/c11-16(14,15)10-4-2-1-3-9(10)8-5-12-7-13-6-8/h1-7H. The molecule has 1 aromatic carbocycles. The molecule has 16 heavy (non-hydrogen) atoms. The number of hydrogen-bond acceptors (Lipinski definition) is 4. The molecule has 1 heterocycles. The number of nitrogens with zero attached hydrogens (tertiary/aromatic N) is 2. The van der Waals surface area contributed by atoms with Crippen LogP contribution >= 0.6 is 10.7 Å². The number of benzene rings is 1. The molecule has 0 spiro atoms. The molecule has 0 aliphatic heterocycles. The first-order valence-electron chi connectivity index (χ1n) is 4.38. The van der Waals surface area contributed by atoms with E-state index in [0.717, 1.165) is 0 Å². The highest BCUT2D eigenvalue weighted by Crippen LogP contribution is 2.28. The van der Waals surface area contributed by atoms with E-state index < -0.39 is 9.05 Å². The van der Waals surface area contributed by atoms with Crippen molar-refractivity contribution in [2.45, 2.75) is 4.90 Å². The fraction of sp³-hybridized carbons (Fsp3) is 0. The number of halogens is 1. The minimum atomic E-state index is -3.76. The first-order valence-corrected chi connectivity index (χ1v) is 6.69. The molecule has 0 saturated carbocycles. The maximum atomic E-state index is 11.4. The van der Waals surface area contributed by atoms with Crippen molar-refractivity contribution in [1.82, 2.24) is 9.97 Å². The van der Waals surface area contributed by atoms with Gasteiger partial charge in [0.25, 0.3) is 9.05 Å². The summed E-state index contributed by atoms with van der Waals surface area (Å²) in [5.41, 5.74) is 1.11. The summed E-state index contributed by atoms with van der Waals surface area (Å²) in [6, 6.07) is 6.45. The number of hydrogen-bond donors (Lipinski definition) is 0. The highest BCUT2D eigenvalue weighted by atomic mass is 35.7. The molecule has 82 valence electrons. The van der Waals surface area contributed by atoms with Crippen molar-refractivity contribution >= 4 is 19.7 Å². The summed E-state index contributed by atoms with van der Waals surface area (Å²) < 4.78 is 22.7. The normalized spacial score (nSPS) is 11.3. The van der Waals surface area contributed by atoms with E-state index in [4.69, 9.17) is 10.7 Å². The van der Waals surface area contributed by atoms with E-state index in [-0.39, 0.29) is 4.90 Å². The van der Waals surface area contributed by atoms with Gasteiger partial charge in [0.15, 0.2) is 0 Å². The van der Waals surface area contributed by atoms with Crippen LogP contribution in [-0.2, 0) is 9.05 Å². The van der Waals surface area contributed by atoms with Crippen molar-refractivity contribution in [3.63, 3.8) is 0 Å². The molecule has 0 saturated heterocycles. The van der Waals surface area contributed by atoms with E-state index in [1.54, 1.807) is 18.2 Å². The van der Waals surface area contributed by atoms with Gasteiger partial charge in [-0.25, -0.2) is 18.4 Å². The van der Waals surface area contributed by atoms with E-state index in [1.165, 1.54) is 24.8 Å². The van der Waals surface area contributed by atoms with Gasteiger partial charge in [-0.2, -0.15) is 0 Å². The second-order valence-corrected chi connectivity index (χ2v) is 5.60. The lowest BCUT2D eigenvalue weighted by molar-refractivity contribution is 0.610. The van der Waals surface area contributed by atoms with Crippen molar-refractivity contribution in [3.8, 4) is 11.1 Å². The van der Waals surface area contributed by atoms with Gasteiger partial charge >= 0.3 is 0 Å². The van der Waals surface area contributed by atoms with Gasteiger partial charge < -0.3 is 0 Å². The Balaban J connectivity index is 2.68. The molecule has 0 aliphatic rings. The summed E-state index contributed by atoms with van der Waals surface area (Å²) in [7, 11) is 1.58. The monoisotopic (exact) mass is 254 g/mol. The first kappa shape index (κ1) is 11.0. The summed E-state index contributed by atoms with van der Waals surface area (Å²) in [5.74, 6) is 0. The van der Waals surface area contributed by atoms with Crippen LogP contribution in [0.1, 0.15) is 0 Å². The Labute approximate surface area is 97.4 Å². The predicted octanol–water partition coefficient (Wildman–Crippen LogP) is 2.07. The van der Waals surface area contributed by atoms with Gasteiger partial charge in [-0.15, -0.1) is 0 Å². The Morgan fingerprint density at radius 1 is 1.06 bits per heavy atom. The Hall–Kier alpha value is -1.46. The van der Waals surface area contributed by atoms with Gasteiger partial charge in [0, 0.05) is 34.2 Å². The minimum Gasteiger partial charge on any atom is -0.244 e. The summed E-state index contributed by atoms with van der Waals surface area (Å²) in [6.07, 6.45) is 4.45. The molecule has 6 heteroatoms. The van der Waals surface area contributed by atoms with Crippen LogP contribution in [-0.4, -0.2) is 18.4 Å². The van der Waals surface area contributed by atoms with Gasteiger partial charge in [-0.1, -0.05) is 18.2 Å². The molecular weight excluding hydrogens is 248 g/mol. The Morgan fingerprint density at radius 3 is 2.31 bits per heavy atom. The zero-order valence-corrected chi connectivity index (χ0v) is 9.61. The molecule has 0 aliphatic carbocycles. The third kappa shape index (κ3) is 2.20. The highest BCUT2D eigenvalue weighted by molar-refractivity contribution is 8.13. The van der Waals surface area contributed by atoms with Crippen molar-refractivity contribution in [3.05, 3.63) is 43.0 Å². The van der Waals surface area contributed by atoms with E-state index in [9.17, 15) is 8.42 Å². The second-order valence-electron chi connectivity index (χ2n) is 3.06. The van der Waals surface area contributed by atoms with Gasteiger partial charge in [-0.3, -0.25) is 0 Å². The molecule has 0 N–H and O–H groups in total. The van der Waals surface area contributed by atoms with Crippen LogP contribution in [0.15, 0.2) is 47.9 Å². The molecule has 0 unspecified atom stereocenters. The lowest BCUT2D eigenvalue weighted by Gasteiger charge is -2.05. The molecule has 0 amide bonds. The molecule has 0 bridgehead atoms. The van der Waals surface area contributed by atoms with E-state index in [1.807, 2.05) is 0 Å². The number of rotatable bonds is 2. The summed E-state index contributed by atoms with van der Waals surface area (Å²) in [5, 5.41) is 0. The van der Waals surface area contributed by atoms with Crippen molar-refractivity contribution < 1.29 is 8.42 Å². The summed E-state index contributed by atoms with van der Waals surface area (Å²) in [6.45, 7) is 0. The molecule has 0 radical (unpaired) electrons. The Bertz CT molecular complexity index is 599. The van der Waals surface area contributed by atoms with Crippen molar-refractivity contribution in [1.29, 1.82) is 0 Å². The average Bonchev–Trinajstić information content (AvgIpc) is 2.29. The van der Waals surface area contributed by atoms with Crippen LogP contribution < -0.4 is 0 Å². The third-order valence-electron chi connectivity index (χ3n) is 2.02. The highest BCUT2D eigenvalue weighted by Gasteiger charge is 2.15. The second kappa shape index (κ2) is 4.19. The molecule has 1 aromatic heterocycles. The maximum absolute atomic E-state index is 11.4. The van der Waals surface area contributed by atoms with Crippen LogP contribution in [0.2, 0.25) is 0 Å². The van der Waals surface area contributed by atoms with Crippen LogP contribution in [0, 0.1) is 0 Å². The maximum Gasteiger partial charge on any atom is 0.261 e. The van der Waals surface area contributed by atoms with Crippen LogP contribution in [0.5, 0.6) is 0 Å². The first-order chi connectivity index (χ1) is 7.59. The van der Waals surface area contributed by atoms with Gasteiger partial charge in [-0.05, 0) is 6.07 Å². The lowest BCUT2D eigenvalue weighted by atomic mass is 10.1. The molecular formula is C10H7ClN2O2S. The zero-order chi connectivity index (χ0) is 11.6. The minimum absolute atomic E-state index is 0.0615. The van der Waals surface area contributed by atoms with Crippen LogP contribution in [0.25, 0.3) is 11.1 Å². The topological polar surface area (TPSA) is 59.9 Å². The lowest BCUT2D eigenvalue weighted by Crippen LogP contribution is -1.94. The smallest absolute Gasteiger partial charge is 0.244 e. The SMILES string of the molecule is O=S(=O)(Cl)c1ccccc1-c1cncnc1. The quantitative estimate of drug-likeness (QED) is 0.770. The molecule has 2 aromatic rings. The van der Waals surface area contributed by atoms with Gasteiger partial charge in [0.2, 0.25) is 0 Å².